The van der Waals surface area contributed by atoms with Crippen molar-refractivity contribution in [3.63, 3.8) is 0 Å². The first-order chi connectivity index (χ1) is 7.66. The van der Waals surface area contributed by atoms with Gasteiger partial charge in [-0.25, -0.2) is 0 Å². The number of hydrogen-bond donors (Lipinski definition) is 1. The van der Waals surface area contributed by atoms with Gasteiger partial charge in [0.25, 0.3) is 0 Å². The van der Waals surface area contributed by atoms with Gasteiger partial charge in [-0.3, -0.25) is 0 Å². The molecule has 1 aliphatic rings. The topological polar surface area (TPSA) is 38.5 Å². The van der Waals surface area contributed by atoms with E-state index in [4.69, 9.17) is 10.5 Å². The molecular formula is C13H20N2O. The van der Waals surface area contributed by atoms with Gasteiger partial charge < -0.3 is 15.4 Å². The molecule has 3 nitrogen and oxygen atoms in total. The van der Waals surface area contributed by atoms with Gasteiger partial charge >= 0.3 is 0 Å². The van der Waals surface area contributed by atoms with E-state index in [1.54, 1.807) is 0 Å². The van der Waals surface area contributed by atoms with Crippen molar-refractivity contribution in [2.24, 2.45) is 5.73 Å². The average Bonchev–Trinajstić information content (AvgIpc) is 2.28. The van der Waals surface area contributed by atoms with Crippen molar-refractivity contribution in [3.05, 3.63) is 35.4 Å². The third-order valence-corrected chi connectivity index (χ3v) is 3.12. The fourth-order valence-corrected chi connectivity index (χ4v) is 2.12. The molecule has 0 aromatic heterocycles. The highest BCUT2D eigenvalue weighted by Gasteiger charge is 2.25. The van der Waals surface area contributed by atoms with E-state index in [0.29, 0.717) is 0 Å². The minimum Gasteiger partial charge on any atom is -0.374 e. The van der Waals surface area contributed by atoms with Crippen molar-refractivity contribution in [3.8, 4) is 0 Å². The molecule has 1 aromatic carbocycles. The maximum atomic E-state index is 6.25. The van der Waals surface area contributed by atoms with Gasteiger partial charge in [-0.1, -0.05) is 29.8 Å². The van der Waals surface area contributed by atoms with Crippen molar-refractivity contribution >= 4 is 0 Å². The lowest BCUT2D eigenvalue weighted by Crippen LogP contribution is -2.45. The minimum absolute atomic E-state index is 0.0253. The maximum absolute atomic E-state index is 6.25. The summed E-state index contributed by atoms with van der Waals surface area (Å²) in [5.74, 6) is 0. The van der Waals surface area contributed by atoms with E-state index in [9.17, 15) is 0 Å². The monoisotopic (exact) mass is 220 g/mol. The molecule has 1 fully saturated rings. The summed E-state index contributed by atoms with van der Waals surface area (Å²) in [7, 11) is 2.11. The molecule has 0 saturated carbocycles. The summed E-state index contributed by atoms with van der Waals surface area (Å²) in [5, 5.41) is 0. The fraction of sp³-hybridized carbons (Fsp3) is 0.538. The predicted octanol–water partition coefficient (Wildman–Crippen LogP) is 1.33. The summed E-state index contributed by atoms with van der Waals surface area (Å²) >= 11 is 0. The Kier molecular flexibility index (Phi) is 3.59. The van der Waals surface area contributed by atoms with Gasteiger partial charge in [-0.2, -0.15) is 0 Å². The lowest BCUT2D eigenvalue weighted by Gasteiger charge is -2.33. The number of hydrogen-bond acceptors (Lipinski definition) is 3. The van der Waals surface area contributed by atoms with Gasteiger partial charge in [0.1, 0.15) is 0 Å². The van der Waals surface area contributed by atoms with E-state index in [1.807, 2.05) is 0 Å². The Labute approximate surface area is 97.2 Å². The molecule has 0 aliphatic carbocycles. The van der Waals surface area contributed by atoms with Crippen LogP contribution in [0, 0.1) is 6.92 Å². The minimum atomic E-state index is -0.0253. The van der Waals surface area contributed by atoms with E-state index in [0.717, 1.165) is 19.7 Å². The Morgan fingerprint density at radius 3 is 3.00 bits per heavy atom. The molecule has 0 bridgehead atoms. The number of aryl methyl sites for hydroxylation is 1. The molecule has 2 unspecified atom stereocenters. The Bertz CT molecular complexity index is 354. The number of ether oxygens (including phenoxy) is 1. The van der Waals surface area contributed by atoms with Gasteiger partial charge in [0.15, 0.2) is 0 Å². The summed E-state index contributed by atoms with van der Waals surface area (Å²) in [6.07, 6.45) is 0.112. The second kappa shape index (κ2) is 4.95. The number of rotatable bonds is 2. The number of nitrogens with two attached hydrogens (primary N) is 1. The zero-order valence-electron chi connectivity index (χ0n) is 10.0. The molecule has 88 valence electrons. The molecule has 16 heavy (non-hydrogen) atoms. The van der Waals surface area contributed by atoms with E-state index in [2.05, 4.69) is 43.1 Å². The van der Waals surface area contributed by atoms with Crippen molar-refractivity contribution < 1.29 is 4.74 Å². The zero-order valence-corrected chi connectivity index (χ0v) is 10.0. The van der Waals surface area contributed by atoms with E-state index < -0.39 is 0 Å². The van der Waals surface area contributed by atoms with Crippen molar-refractivity contribution in [2.45, 2.75) is 19.1 Å². The van der Waals surface area contributed by atoms with Gasteiger partial charge in [-0.15, -0.1) is 0 Å². The maximum Gasteiger partial charge on any atom is 0.0894 e. The summed E-state index contributed by atoms with van der Waals surface area (Å²) in [4.78, 5) is 2.27. The van der Waals surface area contributed by atoms with Crippen LogP contribution in [0.4, 0.5) is 0 Å². The van der Waals surface area contributed by atoms with Crippen LogP contribution in [0.15, 0.2) is 24.3 Å². The second-order valence-electron chi connectivity index (χ2n) is 4.61. The molecule has 0 spiro atoms. The predicted molar refractivity (Wildman–Crippen MR) is 65.3 cm³/mol. The molecule has 1 aromatic rings. The Balaban J connectivity index is 2.09. The lowest BCUT2D eigenvalue weighted by atomic mass is 9.99. The molecule has 0 amide bonds. The average molecular weight is 220 g/mol. The van der Waals surface area contributed by atoms with Crippen LogP contribution in [0.3, 0.4) is 0 Å². The smallest absolute Gasteiger partial charge is 0.0894 e. The Morgan fingerprint density at radius 1 is 1.50 bits per heavy atom. The van der Waals surface area contributed by atoms with Gasteiger partial charge in [0.2, 0.25) is 0 Å². The van der Waals surface area contributed by atoms with Crippen LogP contribution in [0.25, 0.3) is 0 Å². The van der Waals surface area contributed by atoms with Gasteiger partial charge in [-0.05, 0) is 19.5 Å². The normalized spacial score (nSPS) is 24.3. The van der Waals surface area contributed by atoms with Crippen LogP contribution in [-0.2, 0) is 4.74 Å². The fourth-order valence-electron chi connectivity index (χ4n) is 2.12. The number of morpholine rings is 1. The Morgan fingerprint density at radius 2 is 2.31 bits per heavy atom. The number of likely N-dealkylation sites (N-methyl/N-ethyl adjacent to an activating group) is 1. The van der Waals surface area contributed by atoms with E-state index in [-0.39, 0.29) is 12.1 Å². The highest BCUT2D eigenvalue weighted by Crippen LogP contribution is 2.20. The van der Waals surface area contributed by atoms with Crippen molar-refractivity contribution in [1.29, 1.82) is 0 Å². The zero-order chi connectivity index (χ0) is 11.5. The molecule has 2 N–H and O–H groups in total. The van der Waals surface area contributed by atoms with Crippen LogP contribution in [-0.4, -0.2) is 37.7 Å². The molecule has 2 rings (SSSR count). The van der Waals surface area contributed by atoms with Crippen LogP contribution >= 0.6 is 0 Å². The van der Waals surface area contributed by atoms with Crippen LogP contribution in [0.2, 0.25) is 0 Å². The number of nitrogens with zero attached hydrogens (tertiary/aromatic N) is 1. The Hall–Kier alpha value is -0.900. The summed E-state index contributed by atoms with van der Waals surface area (Å²) in [6, 6.07) is 8.34. The third-order valence-electron chi connectivity index (χ3n) is 3.12. The molecule has 1 heterocycles. The largest absolute Gasteiger partial charge is 0.374 e. The SMILES string of the molecule is Cc1cccc(C(N)C2CN(C)CCO2)c1. The number of benzene rings is 1. The van der Waals surface area contributed by atoms with Crippen molar-refractivity contribution in [1.82, 2.24) is 4.90 Å². The van der Waals surface area contributed by atoms with E-state index in [1.165, 1.54) is 11.1 Å². The molecule has 1 saturated heterocycles. The van der Waals surface area contributed by atoms with Crippen LogP contribution in [0.1, 0.15) is 17.2 Å². The van der Waals surface area contributed by atoms with Crippen molar-refractivity contribution in [2.75, 3.05) is 26.7 Å². The molecule has 2 atom stereocenters. The summed E-state index contributed by atoms with van der Waals surface area (Å²) in [5.41, 5.74) is 8.66. The molecule has 3 heteroatoms. The van der Waals surface area contributed by atoms with E-state index >= 15 is 0 Å². The van der Waals surface area contributed by atoms with Gasteiger partial charge in [0.05, 0.1) is 18.8 Å². The molecular weight excluding hydrogens is 200 g/mol. The highest BCUT2D eigenvalue weighted by atomic mass is 16.5. The summed E-state index contributed by atoms with van der Waals surface area (Å²) in [6.45, 7) is 4.77. The first-order valence-corrected chi connectivity index (χ1v) is 5.79. The molecule has 1 aliphatic heterocycles. The quantitative estimate of drug-likeness (QED) is 0.817. The third kappa shape index (κ3) is 2.61. The first-order valence-electron chi connectivity index (χ1n) is 5.79. The highest BCUT2D eigenvalue weighted by molar-refractivity contribution is 5.25. The molecule has 0 radical (unpaired) electrons. The lowest BCUT2D eigenvalue weighted by molar-refractivity contribution is -0.0326. The second-order valence-corrected chi connectivity index (χ2v) is 4.61. The van der Waals surface area contributed by atoms with Crippen LogP contribution < -0.4 is 5.73 Å². The summed E-state index contributed by atoms with van der Waals surface area (Å²) < 4.78 is 5.74. The standard InChI is InChI=1S/C13H20N2O/c1-10-4-3-5-11(8-10)13(14)12-9-15(2)6-7-16-12/h3-5,8,12-13H,6-7,9,14H2,1-2H3. The van der Waals surface area contributed by atoms with Crippen LogP contribution in [0.5, 0.6) is 0 Å². The first kappa shape index (κ1) is 11.6. The van der Waals surface area contributed by atoms with Gasteiger partial charge in [0, 0.05) is 13.1 Å².